The highest BCUT2D eigenvalue weighted by Crippen LogP contribution is 2.80. The number of fused-ring (bicyclic) bond motifs is 6. The summed E-state index contributed by atoms with van der Waals surface area (Å²) in [5, 5.41) is 4.67. The first kappa shape index (κ1) is 45.9. The first-order valence-corrected chi connectivity index (χ1v) is 25.9. The van der Waals surface area contributed by atoms with Crippen molar-refractivity contribution in [1.29, 1.82) is 0 Å². The zero-order valence-corrected chi connectivity index (χ0v) is 40.0. The van der Waals surface area contributed by atoms with Gasteiger partial charge in [0.05, 0.1) is 0 Å². The molecule has 70 heavy (non-hydrogen) atoms. The third kappa shape index (κ3) is 8.23. The van der Waals surface area contributed by atoms with E-state index in [0.29, 0.717) is 16.7 Å². The normalized spacial score (nSPS) is 29.9. The molecule has 6 fully saturated rings. The topological polar surface area (TPSA) is 27.7 Å². The largest absolute Gasteiger partial charge is 0.493 e. The van der Waals surface area contributed by atoms with Gasteiger partial charge in [-0.3, -0.25) is 0 Å². The van der Waals surface area contributed by atoms with Crippen LogP contribution in [0.5, 0.6) is 23.0 Å². The van der Waals surface area contributed by atoms with Crippen LogP contribution in [-0.2, 0) is 0 Å². The first-order valence-electron chi connectivity index (χ1n) is 25.9. The Morgan fingerprint density at radius 3 is 1.73 bits per heavy atom. The smallest absolute Gasteiger partial charge is 0.403 e. The Labute approximate surface area is 407 Å². The van der Waals surface area contributed by atoms with Crippen LogP contribution in [0.25, 0.3) is 21.5 Å². The molecular formula is C61H62F6O3. The highest BCUT2D eigenvalue weighted by Gasteiger charge is 2.74. The predicted molar refractivity (Wildman–Crippen MR) is 263 cm³/mol. The number of hydrogen-bond acceptors (Lipinski definition) is 3. The molecule has 9 heteroatoms. The second kappa shape index (κ2) is 17.3. The van der Waals surface area contributed by atoms with E-state index in [2.05, 4.69) is 98.8 Å². The molecule has 0 aliphatic heterocycles. The van der Waals surface area contributed by atoms with Crippen LogP contribution in [0.2, 0.25) is 0 Å². The Bertz CT molecular complexity index is 2840. The minimum absolute atomic E-state index is 0.0250. The maximum absolute atomic E-state index is 13.2. The van der Waals surface area contributed by atoms with Gasteiger partial charge in [-0.25, -0.2) is 0 Å². The molecule has 6 aromatic rings. The molecule has 4 bridgehead atoms. The van der Waals surface area contributed by atoms with Gasteiger partial charge in [0.1, 0.15) is 35.7 Å². The summed E-state index contributed by atoms with van der Waals surface area (Å²) in [4.78, 5) is 0. The van der Waals surface area contributed by atoms with Crippen LogP contribution in [0.15, 0.2) is 127 Å². The number of rotatable bonds is 14. The van der Waals surface area contributed by atoms with Gasteiger partial charge < -0.3 is 14.2 Å². The molecule has 0 aromatic heterocycles. The lowest BCUT2D eigenvalue weighted by Gasteiger charge is -2.59. The Kier molecular flexibility index (Phi) is 11.3. The molecule has 12 rings (SSSR count). The summed E-state index contributed by atoms with van der Waals surface area (Å²) < 4.78 is 97.7. The van der Waals surface area contributed by atoms with E-state index < -0.39 is 24.9 Å². The van der Waals surface area contributed by atoms with E-state index in [0.717, 1.165) is 76.0 Å². The van der Waals surface area contributed by atoms with E-state index in [1.54, 1.807) is 12.1 Å². The lowest BCUT2D eigenvalue weighted by Crippen LogP contribution is -2.54. The second-order valence-electron chi connectivity index (χ2n) is 22.8. The Morgan fingerprint density at radius 1 is 0.514 bits per heavy atom. The third-order valence-corrected chi connectivity index (χ3v) is 19.2. The summed E-state index contributed by atoms with van der Waals surface area (Å²) in [6.45, 7) is 2.84. The minimum atomic E-state index is -5.46. The van der Waals surface area contributed by atoms with Gasteiger partial charge in [0.2, 0.25) is 0 Å². The van der Waals surface area contributed by atoms with Gasteiger partial charge in [0.15, 0.2) is 5.92 Å². The fourth-order valence-corrected chi connectivity index (χ4v) is 16.1. The van der Waals surface area contributed by atoms with Gasteiger partial charge >= 0.3 is 12.4 Å². The second-order valence-corrected chi connectivity index (χ2v) is 22.8. The number of hydrogen-bond donors (Lipinski definition) is 0. The molecule has 12 atom stereocenters. The van der Waals surface area contributed by atoms with Gasteiger partial charge in [-0.15, -0.1) is 0 Å². The summed E-state index contributed by atoms with van der Waals surface area (Å²) in [5.74, 6) is 4.60. The first-order chi connectivity index (χ1) is 33.6. The van der Waals surface area contributed by atoms with E-state index >= 15 is 0 Å². The third-order valence-electron chi connectivity index (χ3n) is 19.2. The summed E-state index contributed by atoms with van der Waals surface area (Å²) >= 11 is 0. The summed E-state index contributed by atoms with van der Waals surface area (Å²) in [6, 6.07) is 42.5. The average Bonchev–Trinajstić information content (AvgIpc) is 4.10. The summed E-state index contributed by atoms with van der Waals surface area (Å²) in [7, 11) is 0. The number of alkyl halides is 6. The quantitative estimate of drug-likeness (QED) is 0.0804. The monoisotopic (exact) mass is 956 g/mol. The van der Waals surface area contributed by atoms with Crippen molar-refractivity contribution in [3.05, 3.63) is 144 Å². The van der Waals surface area contributed by atoms with Crippen LogP contribution in [0, 0.1) is 52.3 Å². The Hall–Kier alpha value is -5.18. The molecule has 3 nitrogen and oxygen atoms in total. The molecule has 6 saturated carbocycles. The van der Waals surface area contributed by atoms with Crippen molar-refractivity contribution in [3.8, 4) is 23.0 Å². The zero-order chi connectivity index (χ0) is 48.2. The van der Waals surface area contributed by atoms with Gasteiger partial charge in [0, 0.05) is 0 Å². The van der Waals surface area contributed by atoms with Crippen molar-refractivity contribution < 1.29 is 40.6 Å². The molecule has 0 radical (unpaired) electrons. The van der Waals surface area contributed by atoms with Crippen LogP contribution in [0.3, 0.4) is 0 Å². The van der Waals surface area contributed by atoms with Gasteiger partial charge in [-0.1, -0.05) is 80.6 Å². The Balaban J connectivity index is 0.746. The lowest BCUT2D eigenvalue weighted by molar-refractivity contribution is -0.289. The van der Waals surface area contributed by atoms with E-state index in [1.165, 1.54) is 91.8 Å². The van der Waals surface area contributed by atoms with E-state index in [4.69, 9.17) is 14.2 Å². The zero-order valence-electron chi connectivity index (χ0n) is 40.0. The highest BCUT2D eigenvalue weighted by atomic mass is 19.4. The molecule has 366 valence electrons. The van der Waals surface area contributed by atoms with E-state index in [1.807, 2.05) is 18.2 Å². The van der Waals surface area contributed by atoms with Gasteiger partial charge in [-0.05, 0) is 234 Å². The van der Waals surface area contributed by atoms with Crippen LogP contribution in [0.4, 0.5) is 26.3 Å². The fourth-order valence-electron chi connectivity index (χ4n) is 16.1. The van der Waals surface area contributed by atoms with Crippen LogP contribution < -0.4 is 14.2 Å². The van der Waals surface area contributed by atoms with Crippen molar-refractivity contribution in [2.24, 2.45) is 52.3 Å². The van der Waals surface area contributed by atoms with Crippen LogP contribution >= 0.6 is 0 Å². The van der Waals surface area contributed by atoms with Crippen LogP contribution in [-0.4, -0.2) is 25.1 Å². The number of benzene rings is 6. The maximum Gasteiger partial charge on any atom is 0.403 e. The standard InChI is InChI=1S/C61H62F6O3/c1-36(38-7-14-47(15-8-38)68-35-55(60(62,63)64)61(65,66)67)27-45(28-37(2)39-9-16-48(17-10-39)69-50-20-13-43-29-41-5-3-4-6-42(41)30-46(43)31-50)40-11-18-49(19-12-40)70-54-34-59-26-22-51-44-21-24-58(32-44)25-23-52(53(54)33-59)57(59)56(51)58/h3-20,29-31,36-37,44-45,51-57H,21-28,32-35H2,1-2H3. The molecular weight excluding hydrogens is 895 g/mol. The molecule has 6 aliphatic carbocycles. The Morgan fingerprint density at radius 2 is 1.06 bits per heavy atom. The molecule has 0 heterocycles. The van der Waals surface area contributed by atoms with E-state index in [-0.39, 0.29) is 29.6 Å². The molecule has 0 saturated heterocycles. The predicted octanol–water partition coefficient (Wildman–Crippen LogP) is 17.4. The molecule has 2 spiro atoms. The molecule has 6 aromatic carbocycles. The van der Waals surface area contributed by atoms with Crippen molar-refractivity contribution in [2.45, 2.75) is 121 Å². The summed E-state index contributed by atoms with van der Waals surface area (Å²) in [6.07, 6.45) is 3.73. The van der Waals surface area contributed by atoms with Crippen molar-refractivity contribution in [3.63, 3.8) is 0 Å². The number of ether oxygens (including phenoxy) is 3. The van der Waals surface area contributed by atoms with Crippen LogP contribution in [0.1, 0.15) is 119 Å². The average molecular weight is 957 g/mol. The van der Waals surface area contributed by atoms with Crippen molar-refractivity contribution in [1.82, 2.24) is 0 Å². The van der Waals surface area contributed by atoms with Gasteiger partial charge in [-0.2, -0.15) is 26.3 Å². The van der Waals surface area contributed by atoms with E-state index in [9.17, 15) is 26.3 Å². The molecule has 6 aliphatic rings. The van der Waals surface area contributed by atoms with Gasteiger partial charge in [0.25, 0.3) is 0 Å². The number of halogens is 6. The molecule has 12 unspecified atom stereocenters. The highest BCUT2D eigenvalue weighted by molar-refractivity contribution is 5.98. The van der Waals surface area contributed by atoms with Crippen molar-refractivity contribution >= 4 is 21.5 Å². The minimum Gasteiger partial charge on any atom is -0.493 e. The summed E-state index contributed by atoms with van der Waals surface area (Å²) in [5.41, 5.74) is 4.47. The lowest BCUT2D eigenvalue weighted by atomic mass is 9.46. The fraction of sp³-hybridized carbons (Fsp3) is 0.475. The maximum atomic E-state index is 13.2. The molecule has 0 amide bonds. The van der Waals surface area contributed by atoms with Crippen molar-refractivity contribution in [2.75, 3.05) is 6.61 Å². The molecule has 0 N–H and O–H groups in total. The SMILES string of the molecule is CC(CC(CC(C)c1ccc(Oc2ccc3cc4ccccc4cc3c2)cc1)c1ccc(OC2CC34CCC5C6CCC7(CCC(C2C3)C4C57)C6)cc1)c1ccc(OCC(C(F)(F)F)C(F)(F)F)cc1.